The van der Waals surface area contributed by atoms with Crippen molar-refractivity contribution in [2.45, 2.75) is 20.2 Å². The van der Waals surface area contributed by atoms with Gasteiger partial charge in [-0.2, -0.15) is 5.26 Å². The van der Waals surface area contributed by atoms with Crippen molar-refractivity contribution in [1.82, 2.24) is 0 Å². The van der Waals surface area contributed by atoms with Gasteiger partial charge in [-0.05, 0) is 48.7 Å². The maximum Gasteiger partial charge on any atom is 0.573 e. The predicted molar refractivity (Wildman–Crippen MR) is 99.1 cm³/mol. The quantitative estimate of drug-likeness (QED) is 0.634. The monoisotopic (exact) mass is 373 g/mol. The van der Waals surface area contributed by atoms with Crippen LogP contribution in [0.25, 0.3) is 11.1 Å². The highest BCUT2D eigenvalue weighted by Gasteiger charge is 2.31. The second-order valence-corrected chi connectivity index (χ2v) is 5.83. The molecule has 0 aliphatic rings. The molecule has 27 heavy (non-hydrogen) atoms. The van der Waals surface area contributed by atoms with E-state index in [2.05, 4.69) is 22.6 Å². The van der Waals surface area contributed by atoms with Crippen LogP contribution in [-0.2, 0) is 0 Å². The van der Waals surface area contributed by atoms with Crippen molar-refractivity contribution in [3.63, 3.8) is 0 Å². The molecule has 0 amide bonds. The number of nitrogens with two attached hydrogens (primary N) is 1. The molecule has 0 atom stereocenters. The fraction of sp³-hybridized carbons (Fsp3) is 0.250. The van der Waals surface area contributed by atoms with Gasteiger partial charge < -0.3 is 15.4 Å². The summed E-state index contributed by atoms with van der Waals surface area (Å²) < 4.78 is 40.9. The van der Waals surface area contributed by atoms with E-state index in [1.165, 1.54) is 24.3 Å². The minimum Gasteiger partial charge on any atom is -0.406 e. The second-order valence-electron chi connectivity index (χ2n) is 5.83. The lowest BCUT2D eigenvalue weighted by molar-refractivity contribution is -0.274. The molecular weight excluding hydrogens is 355 g/mol. The number of anilines is 2. The van der Waals surface area contributed by atoms with Gasteiger partial charge in [0.25, 0.3) is 0 Å². The molecular formula is C20H18F3N3O. The smallest absolute Gasteiger partial charge is 0.406 e. The van der Waals surface area contributed by atoms with Crippen molar-refractivity contribution >= 4 is 11.4 Å². The van der Waals surface area contributed by atoms with Crippen LogP contribution in [0.3, 0.4) is 0 Å². The van der Waals surface area contributed by atoms with Crippen molar-refractivity contribution in [2.75, 3.05) is 24.2 Å². The van der Waals surface area contributed by atoms with E-state index in [9.17, 15) is 18.4 Å². The first kappa shape index (κ1) is 20.0. The van der Waals surface area contributed by atoms with E-state index in [0.717, 1.165) is 11.1 Å². The van der Waals surface area contributed by atoms with Crippen LogP contribution >= 0.6 is 0 Å². The molecule has 2 aromatic carbocycles. The average molecular weight is 373 g/mol. The third kappa shape index (κ3) is 4.65. The minimum absolute atomic E-state index is 0.292. The molecule has 0 spiro atoms. The number of nitriles is 1. The van der Waals surface area contributed by atoms with E-state index in [1.807, 2.05) is 11.8 Å². The molecule has 0 aliphatic heterocycles. The average Bonchev–Trinajstić information content (AvgIpc) is 2.60. The summed E-state index contributed by atoms with van der Waals surface area (Å²) in [7, 11) is 1.80. The van der Waals surface area contributed by atoms with E-state index in [0.29, 0.717) is 29.0 Å². The van der Waals surface area contributed by atoms with Crippen molar-refractivity contribution in [3.8, 4) is 34.8 Å². The van der Waals surface area contributed by atoms with E-state index in [1.54, 1.807) is 20.0 Å². The second kappa shape index (κ2) is 7.92. The highest BCUT2D eigenvalue weighted by Crippen LogP contribution is 2.37. The lowest BCUT2D eigenvalue weighted by Crippen LogP contribution is -2.20. The Kier molecular flexibility index (Phi) is 5.87. The van der Waals surface area contributed by atoms with Crippen molar-refractivity contribution in [1.29, 1.82) is 5.26 Å². The predicted octanol–water partition coefficient (Wildman–Crippen LogP) is 4.47. The zero-order valence-corrected chi connectivity index (χ0v) is 15.1. The first-order valence-electron chi connectivity index (χ1n) is 7.98. The minimum atomic E-state index is -4.74. The number of benzene rings is 2. The van der Waals surface area contributed by atoms with E-state index >= 15 is 0 Å². The molecule has 2 N–H and O–H groups in total. The third-order valence-corrected chi connectivity index (χ3v) is 3.97. The van der Waals surface area contributed by atoms with Crippen molar-refractivity contribution in [3.05, 3.63) is 41.5 Å². The van der Waals surface area contributed by atoms with Crippen LogP contribution in [0.1, 0.15) is 18.1 Å². The first-order chi connectivity index (χ1) is 12.7. The number of nitrogen functional groups attached to an aromatic ring is 1. The summed E-state index contributed by atoms with van der Waals surface area (Å²) in [6, 6.07) is 9.28. The topological polar surface area (TPSA) is 62.3 Å². The molecule has 0 radical (unpaired) electrons. The molecule has 0 bridgehead atoms. The van der Waals surface area contributed by atoms with Crippen LogP contribution in [0.2, 0.25) is 0 Å². The zero-order valence-electron chi connectivity index (χ0n) is 15.1. The van der Waals surface area contributed by atoms with Crippen LogP contribution in [0.15, 0.2) is 30.3 Å². The summed E-state index contributed by atoms with van der Waals surface area (Å²) in [6.07, 6.45) is -4.74. The molecule has 0 aromatic heterocycles. The number of halogens is 3. The van der Waals surface area contributed by atoms with Crippen LogP contribution in [0.5, 0.6) is 5.75 Å². The first-order valence-corrected chi connectivity index (χ1v) is 7.98. The summed E-state index contributed by atoms with van der Waals surface area (Å²) in [5.41, 5.74) is 9.50. The zero-order chi connectivity index (χ0) is 20.2. The molecule has 0 saturated carbocycles. The molecule has 0 aliphatic carbocycles. The van der Waals surface area contributed by atoms with Gasteiger partial charge in [0.1, 0.15) is 11.8 Å². The van der Waals surface area contributed by atoms with Gasteiger partial charge in [0.15, 0.2) is 0 Å². The Morgan fingerprint density at radius 2 is 1.85 bits per heavy atom. The molecule has 0 unspecified atom stereocenters. The van der Waals surface area contributed by atoms with Gasteiger partial charge in [-0.25, -0.2) is 0 Å². The Balaban J connectivity index is 2.53. The molecule has 2 rings (SSSR count). The lowest BCUT2D eigenvalue weighted by Gasteiger charge is -2.23. The summed E-state index contributed by atoms with van der Waals surface area (Å²) in [4.78, 5) is 1.82. The molecule has 2 aromatic rings. The number of alkyl halides is 3. The van der Waals surface area contributed by atoms with Gasteiger partial charge in [0.2, 0.25) is 0 Å². The maximum absolute atomic E-state index is 12.3. The van der Waals surface area contributed by atoms with Crippen molar-refractivity contribution in [2.24, 2.45) is 0 Å². The number of ether oxygens (including phenoxy) is 1. The maximum atomic E-state index is 12.3. The Morgan fingerprint density at radius 3 is 2.37 bits per heavy atom. The lowest BCUT2D eigenvalue weighted by atomic mass is 9.94. The number of hydrogen-bond acceptors (Lipinski definition) is 4. The Hall–Kier alpha value is -3.32. The van der Waals surface area contributed by atoms with E-state index < -0.39 is 6.36 Å². The summed E-state index contributed by atoms with van der Waals surface area (Å²) >= 11 is 0. The Morgan fingerprint density at radius 1 is 1.22 bits per heavy atom. The van der Waals surface area contributed by atoms with Crippen LogP contribution in [0, 0.1) is 30.1 Å². The van der Waals surface area contributed by atoms with Crippen molar-refractivity contribution < 1.29 is 17.9 Å². The molecule has 7 heteroatoms. The van der Waals surface area contributed by atoms with Crippen LogP contribution < -0.4 is 15.4 Å². The van der Waals surface area contributed by atoms with Crippen LogP contribution in [-0.4, -0.2) is 20.0 Å². The Labute approximate surface area is 156 Å². The van der Waals surface area contributed by atoms with Gasteiger partial charge in [0.05, 0.1) is 23.5 Å². The molecule has 0 fully saturated rings. The number of hydrogen-bond donors (Lipinski definition) is 1. The SMILES string of the molecule is CC#CCN(C)c1c(C)c(-c2ccc(OC(F)(F)F)cc2)cc(N)c1C#N. The molecule has 0 saturated heterocycles. The summed E-state index contributed by atoms with van der Waals surface area (Å²) in [6.45, 7) is 3.97. The summed E-state index contributed by atoms with van der Waals surface area (Å²) in [5.74, 6) is 5.43. The highest BCUT2D eigenvalue weighted by molar-refractivity contribution is 5.84. The largest absolute Gasteiger partial charge is 0.573 e. The third-order valence-electron chi connectivity index (χ3n) is 3.97. The van der Waals surface area contributed by atoms with Gasteiger partial charge in [-0.3, -0.25) is 0 Å². The normalized spacial score (nSPS) is 10.6. The van der Waals surface area contributed by atoms with Gasteiger partial charge in [0, 0.05) is 7.05 Å². The van der Waals surface area contributed by atoms with Gasteiger partial charge >= 0.3 is 6.36 Å². The fourth-order valence-corrected chi connectivity index (χ4v) is 2.80. The molecule has 4 nitrogen and oxygen atoms in total. The van der Waals surface area contributed by atoms with Crippen LogP contribution in [0.4, 0.5) is 24.5 Å². The Bertz CT molecular complexity index is 933. The number of rotatable bonds is 4. The van der Waals surface area contributed by atoms with E-state index in [-0.39, 0.29) is 5.75 Å². The summed E-state index contributed by atoms with van der Waals surface area (Å²) in [5, 5.41) is 9.49. The van der Waals surface area contributed by atoms with E-state index in [4.69, 9.17) is 5.73 Å². The number of nitrogens with zero attached hydrogens (tertiary/aromatic N) is 2. The fourth-order valence-electron chi connectivity index (χ4n) is 2.80. The standard InChI is InChI=1S/C20H18F3N3O/c1-4-5-10-26(3)19-13(2)16(11-18(25)17(19)12-24)14-6-8-15(9-7-14)27-20(21,22)23/h6-9,11H,10,25H2,1-3H3. The molecule has 140 valence electrons. The van der Waals surface area contributed by atoms with Gasteiger partial charge in [-0.15, -0.1) is 19.1 Å². The van der Waals surface area contributed by atoms with Gasteiger partial charge in [-0.1, -0.05) is 18.1 Å². The molecule has 0 heterocycles. The highest BCUT2D eigenvalue weighted by atomic mass is 19.4.